The molecule has 0 amide bonds. The summed E-state index contributed by atoms with van der Waals surface area (Å²) in [5, 5.41) is 9.47. The van der Waals surface area contributed by atoms with Crippen LogP contribution in [0.25, 0.3) is 22.5 Å². The molecule has 9 heteroatoms. The molecule has 2 aromatic heterocycles. The quantitative estimate of drug-likeness (QED) is 0.476. The first-order valence-corrected chi connectivity index (χ1v) is 8.99. The molecular formula is C18H11Cl3N4O2. The molecule has 0 bridgehead atoms. The van der Waals surface area contributed by atoms with Crippen LogP contribution in [0.3, 0.4) is 0 Å². The number of rotatable bonds is 3. The van der Waals surface area contributed by atoms with Gasteiger partial charge in [-0.05, 0) is 43.3 Å². The summed E-state index contributed by atoms with van der Waals surface area (Å²) in [5.41, 5.74) is 1.94. The molecule has 0 saturated carbocycles. The standard InChI is InChI=1S/C18H11Cl3N4O2/c1-9-18(26)25(15-7-11(19)2-3-14(15)22-9)8-16-23-24-17(27-16)10-4-12(20)6-13(21)5-10/h2-7H,8H2,1H3. The molecule has 0 N–H and O–H groups in total. The molecule has 2 heterocycles. The van der Waals surface area contributed by atoms with Crippen molar-refractivity contribution in [2.24, 2.45) is 0 Å². The van der Waals surface area contributed by atoms with E-state index in [-0.39, 0.29) is 23.9 Å². The molecule has 0 aliphatic carbocycles. The van der Waals surface area contributed by atoms with E-state index in [1.54, 1.807) is 43.3 Å². The van der Waals surface area contributed by atoms with Crippen molar-refractivity contribution in [3.63, 3.8) is 0 Å². The number of aromatic nitrogens is 4. The molecule has 0 unspecified atom stereocenters. The van der Waals surface area contributed by atoms with E-state index in [0.29, 0.717) is 37.4 Å². The van der Waals surface area contributed by atoms with Gasteiger partial charge < -0.3 is 4.42 Å². The number of hydrogen-bond donors (Lipinski definition) is 0. The van der Waals surface area contributed by atoms with Gasteiger partial charge >= 0.3 is 0 Å². The van der Waals surface area contributed by atoms with Crippen molar-refractivity contribution in [1.82, 2.24) is 19.7 Å². The average molecular weight is 422 g/mol. The zero-order chi connectivity index (χ0) is 19.1. The maximum absolute atomic E-state index is 12.6. The largest absolute Gasteiger partial charge is 0.419 e. The highest BCUT2D eigenvalue weighted by Gasteiger charge is 2.14. The summed E-state index contributed by atoms with van der Waals surface area (Å²) in [6, 6.07) is 10.1. The first-order chi connectivity index (χ1) is 12.9. The predicted octanol–water partition coefficient (Wildman–Crippen LogP) is 4.76. The lowest BCUT2D eigenvalue weighted by molar-refractivity contribution is 0.487. The van der Waals surface area contributed by atoms with Crippen LogP contribution in [-0.2, 0) is 6.54 Å². The molecule has 136 valence electrons. The molecule has 0 aliphatic heterocycles. The maximum atomic E-state index is 12.6. The highest BCUT2D eigenvalue weighted by molar-refractivity contribution is 6.35. The van der Waals surface area contributed by atoms with E-state index in [9.17, 15) is 4.79 Å². The van der Waals surface area contributed by atoms with Crippen molar-refractivity contribution >= 4 is 45.8 Å². The third-order valence-corrected chi connectivity index (χ3v) is 4.61. The van der Waals surface area contributed by atoms with E-state index in [1.165, 1.54) is 4.57 Å². The van der Waals surface area contributed by atoms with Gasteiger partial charge in [0.1, 0.15) is 12.2 Å². The second-order valence-electron chi connectivity index (χ2n) is 5.88. The van der Waals surface area contributed by atoms with E-state index >= 15 is 0 Å². The van der Waals surface area contributed by atoms with Gasteiger partial charge in [-0.2, -0.15) is 0 Å². The highest BCUT2D eigenvalue weighted by Crippen LogP contribution is 2.26. The molecule has 0 atom stereocenters. The van der Waals surface area contributed by atoms with Gasteiger partial charge in [-0.3, -0.25) is 9.36 Å². The van der Waals surface area contributed by atoms with Gasteiger partial charge in [-0.15, -0.1) is 10.2 Å². The van der Waals surface area contributed by atoms with Gasteiger partial charge in [0.05, 0.1) is 11.0 Å². The summed E-state index contributed by atoms with van der Waals surface area (Å²) >= 11 is 18.1. The second-order valence-corrected chi connectivity index (χ2v) is 7.19. The minimum atomic E-state index is -0.254. The summed E-state index contributed by atoms with van der Waals surface area (Å²) < 4.78 is 7.21. The van der Waals surface area contributed by atoms with Crippen molar-refractivity contribution < 1.29 is 4.42 Å². The second kappa shape index (κ2) is 6.96. The van der Waals surface area contributed by atoms with Crippen molar-refractivity contribution in [2.75, 3.05) is 0 Å². The van der Waals surface area contributed by atoms with Crippen LogP contribution in [-0.4, -0.2) is 19.7 Å². The van der Waals surface area contributed by atoms with Crippen molar-refractivity contribution in [3.05, 3.63) is 73.4 Å². The molecule has 4 rings (SSSR count). The van der Waals surface area contributed by atoms with E-state index in [1.807, 2.05) is 0 Å². The zero-order valence-corrected chi connectivity index (χ0v) is 16.2. The predicted molar refractivity (Wildman–Crippen MR) is 105 cm³/mol. The fourth-order valence-electron chi connectivity index (χ4n) is 2.74. The van der Waals surface area contributed by atoms with Crippen LogP contribution in [0.2, 0.25) is 15.1 Å². The first-order valence-electron chi connectivity index (χ1n) is 7.86. The van der Waals surface area contributed by atoms with Crippen molar-refractivity contribution in [1.29, 1.82) is 0 Å². The number of benzene rings is 2. The zero-order valence-electron chi connectivity index (χ0n) is 13.9. The molecule has 0 aliphatic rings. The lowest BCUT2D eigenvalue weighted by Gasteiger charge is -2.09. The van der Waals surface area contributed by atoms with E-state index in [4.69, 9.17) is 39.2 Å². The Kier molecular flexibility index (Phi) is 4.63. The number of aryl methyl sites for hydroxylation is 1. The monoisotopic (exact) mass is 420 g/mol. The van der Waals surface area contributed by atoms with Gasteiger partial charge in [-0.25, -0.2) is 4.98 Å². The Labute approximate surface area is 168 Å². The van der Waals surface area contributed by atoms with E-state index in [2.05, 4.69) is 15.2 Å². The summed E-state index contributed by atoms with van der Waals surface area (Å²) in [5.74, 6) is 0.519. The van der Waals surface area contributed by atoms with Gasteiger partial charge in [0.15, 0.2) is 0 Å². The molecule has 6 nitrogen and oxygen atoms in total. The van der Waals surface area contributed by atoms with Gasteiger partial charge in [0.2, 0.25) is 11.8 Å². The smallest absolute Gasteiger partial charge is 0.272 e. The number of halogens is 3. The highest BCUT2D eigenvalue weighted by atomic mass is 35.5. The molecule has 27 heavy (non-hydrogen) atoms. The number of nitrogens with zero attached hydrogens (tertiary/aromatic N) is 4. The van der Waals surface area contributed by atoms with Gasteiger partial charge in [0, 0.05) is 20.6 Å². The van der Waals surface area contributed by atoms with E-state index in [0.717, 1.165) is 0 Å². The topological polar surface area (TPSA) is 73.8 Å². The molecule has 2 aromatic carbocycles. The van der Waals surface area contributed by atoms with Crippen LogP contribution in [0.1, 0.15) is 11.6 Å². The van der Waals surface area contributed by atoms with Crippen molar-refractivity contribution in [2.45, 2.75) is 13.5 Å². The van der Waals surface area contributed by atoms with Crippen LogP contribution in [0.4, 0.5) is 0 Å². The Morgan fingerprint density at radius 1 is 1.00 bits per heavy atom. The fraction of sp³-hybridized carbons (Fsp3) is 0.111. The lowest BCUT2D eigenvalue weighted by Crippen LogP contribution is -2.24. The van der Waals surface area contributed by atoms with Gasteiger partial charge in [-0.1, -0.05) is 34.8 Å². The van der Waals surface area contributed by atoms with Crippen LogP contribution in [0.5, 0.6) is 0 Å². The van der Waals surface area contributed by atoms with Gasteiger partial charge in [0.25, 0.3) is 5.56 Å². The Morgan fingerprint density at radius 2 is 1.74 bits per heavy atom. The summed E-state index contributed by atoms with van der Waals surface area (Å²) in [6.45, 7) is 1.74. The third-order valence-electron chi connectivity index (χ3n) is 3.94. The van der Waals surface area contributed by atoms with E-state index < -0.39 is 0 Å². The molecule has 0 fully saturated rings. The van der Waals surface area contributed by atoms with Crippen LogP contribution >= 0.6 is 34.8 Å². The molecule has 0 saturated heterocycles. The normalized spacial score (nSPS) is 11.3. The third kappa shape index (κ3) is 3.56. The molecule has 0 spiro atoms. The molecule has 4 aromatic rings. The van der Waals surface area contributed by atoms with Crippen LogP contribution in [0.15, 0.2) is 45.6 Å². The Morgan fingerprint density at radius 3 is 2.48 bits per heavy atom. The average Bonchev–Trinajstić information content (AvgIpc) is 3.07. The fourth-order valence-corrected chi connectivity index (χ4v) is 3.44. The SMILES string of the molecule is Cc1nc2ccc(Cl)cc2n(Cc2nnc(-c3cc(Cl)cc(Cl)c3)o2)c1=O. The van der Waals surface area contributed by atoms with Crippen molar-refractivity contribution in [3.8, 4) is 11.5 Å². The summed E-state index contributed by atoms with van der Waals surface area (Å²) in [4.78, 5) is 16.9. The minimum absolute atomic E-state index is 0.0837. The molecular weight excluding hydrogens is 411 g/mol. The lowest BCUT2D eigenvalue weighted by atomic mass is 10.2. The van der Waals surface area contributed by atoms with Crippen LogP contribution in [0, 0.1) is 6.92 Å². The molecule has 0 radical (unpaired) electrons. The number of hydrogen-bond acceptors (Lipinski definition) is 5. The first kappa shape index (κ1) is 18.0. The minimum Gasteiger partial charge on any atom is -0.419 e. The Bertz CT molecular complexity index is 1210. The summed E-state index contributed by atoms with van der Waals surface area (Å²) in [7, 11) is 0. The maximum Gasteiger partial charge on any atom is 0.272 e. The Balaban J connectivity index is 1.77. The Hall–Kier alpha value is -2.41. The summed E-state index contributed by atoms with van der Waals surface area (Å²) in [6.07, 6.45) is 0. The number of fused-ring (bicyclic) bond motifs is 1. The van der Waals surface area contributed by atoms with Crippen LogP contribution < -0.4 is 5.56 Å².